The van der Waals surface area contributed by atoms with Crippen molar-refractivity contribution in [3.63, 3.8) is 0 Å². The summed E-state index contributed by atoms with van der Waals surface area (Å²) in [5.74, 6) is 0. The molecular formula is C15H26N2O. The van der Waals surface area contributed by atoms with Crippen LogP contribution >= 0.6 is 0 Å². The molecule has 0 saturated heterocycles. The zero-order valence-electron chi connectivity index (χ0n) is 12.1. The third kappa shape index (κ3) is 16.9. The minimum absolute atomic E-state index is 0.532. The van der Waals surface area contributed by atoms with Gasteiger partial charge in [-0.25, -0.2) is 0 Å². The molecular weight excluding hydrogens is 224 g/mol. The third-order valence-electron chi connectivity index (χ3n) is 1.79. The lowest BCUT2D eigenvalue weighted by molar-refractivity contribution is 0.233. The predicted octanol–water partition coefficient (Wildman–Crippen LogP) is 3.04. The molecule has 0 bridgehead atoms. The number of hydrogen-bond donors (Lipinski definition) is 1. The summed E-state index contributed by atoms with van der Waals surface area (Å²) in [6.07, 6.45) is 13.3. The van der Waals surface area contributed by atoms with E-state index in [1.54, 1.807) is 7.11 Å². The monoisotopic (exact) mass is 250 g/mol. The SMILES string of the molecule is C#C.CC.COC/C=C(\C=C(\C)CN)CCC#N. The van der Waals surface area contributed by atoms with Gasteiger partial charge in [0, 0.05) is 20.1 Å². The van der Waals surface area contributed by atoms with Crippen molar-refractivity contribution in [2.24, 2.45) is 5.73 Å². The Morgan fingerprint density at radius 2 is 1.94 bits per heavy atom. The summed E-state index contributed by atoms with van der Waals surface area (Å²) in [6.45, 7) is 7.11. The molecule has 0 unspecified atom stereocenters. The molecule has 0 rings (SSSR count). The third-order valence-corrected chi connectivity index (χ3v) is 1.79. The highest BCUT2D eigenvalue weighted by atomic mass is 16.5. The lowest BCUT2D eigenvalue weighted by atomic mass is 10.1. The Morgan fingerprint density at radius 3 is 2.33 bits per heavy atom. The number of rotatable bonds is 6. The van der Waals surface area contributed by atoms with Crippen molar-refractivity contribution in [1.82, 2.24) is 0 Å². The van der Waals surface area contributed by atoms with Crippen LogP contribution in [-0.2, 0) is 4.74 Å². The van der Waals surface area contributed by atoms with Gasteiger partial charge in [0.15, 0.2) is 0 Å². The lowest BCUT2D eigenvalue weighted by Gasteiger charge is -2.01. The summed E-state index contributed by atoms with van der Waals surface area (Å²) >= 11 is 0. The van der Waals surface area contributed by atoms with Crippen LogP contribution in [-0.4, -0.2) is 20.3 Å². The molecule has 18 heavy (non-hydrogen) atoms. The average molecular weight is 250 g/mol. The van der Waals surface area contributed by atoms with E-state index in [0.717, 1.165) is 17.6 Å². The number of allylic oxidation sites excluding steroid dienone is 2. The Balaban J connectivity index is -0.000000506. The van der Waals surface area contributed by atoms with Crippen molar-refractivity contribution in [3.8, 4) is 18.9 Å². The highest BCUT2D eigenvalue weighted by Crippen LogP contribution is 2.08. The Kier molecular flexibility index (Phi) is 25.1. The minimum Gasteiger partial charge on any atom is -0.381 e. The lowest BCUT2D eigenvalue weighted by Crippen LogP contribution is -2.00. The average Bonchev–Trinajstić information content (AvgIpc) is 2.45. The van der Waals surface area contributed by atoms with E-state index in [1.165, 1.54) is 0 Å². The smallest absolute Gasteiger partial charge is 0.0649 e. The van der Waals surface area contributed by atoms with Gasteiger partial charge in [-0.05, 0) is 18.9 Å². The van der Waals surface area contributed by atoms with Gasteiger partial charge in [-0.15, -0.1) is 12.8 Å². The van der Waals surface area contributed by atoms with Gasteiger partial charge in [-0.3, -0.25) is 0 Å². The van der Waals surface area contributed by atoms with Crippen molar-refractivity contribution in [2.75, 3.05) is 20.3 Å². The summed E-state index contributed by atoms with van der Waals surface area (Å²) in [4.78, 5) is 0. The Labute approximate surface area is 112 Å². The van der Waals surface area contributed by atoms with Gasteiger partial charge in [-0.2, -0.15) is 5.26 Å². The fourth-order valence-corrected chi connectivity index (χ4v) is 0.999. The summed E-state index contributed by atoms with van der Waals surface area (Å²) in [7, 11) is 1.65. The highest BCUT2D eigenvalue weighted by Gasteiger charge is 1.94. The largest absolute Gasteiger partial charge is 0.381 e. The quantitative estimate of drug-likeness (QED) is 0.582. The molecule has 0 aliphatic carbocycles. The van der Waals surface area contributed by atoms with E-state index in [1.807, 2.05) is 32.9 Å². The second-order valence-electron chi connectivity index (χ2n) is 3.09. The van der Waals surface area contributed by atoms with E-state index in [4.69, 9.17) is 15.7 Å². The number of nitriles is 1. The fraction of sp³-hybridized carbons (Fsp3) is 0.533. The predicted molar refractivity (Wildman–Crippen MR) is 78.9 cm³/mol. The van der Waals surface area contributed by atoms with Gasteiger partial charge in [-0.1, -0.05) is 31.6 Å². The summed E-state index contributed by atoms with van der Waals surface area (Å²) in [6, 6.07) is 2.12. The van der Waals surface area contributed by atoms with Crippen LogP contribution in [0.4, 0.5) is 0 Å². The zero-order chi connectivity index (χ0) is 14.8. The van der Waals surface area contributed by atoms with Gasteiger partial charge in [0.05, 0.1) is 12.7 Å². The van der Waals surface area contributed by atoms with E-state index >= 15 is 0 Å². The normalized spacial score (nSPS) is 10.3. The van der Waals surface area contributed by atoms with E-state index in [0.29, 0.717) is 19.6 Å². The molecule has 2 N–H and O–H groups in total. The number of nitrogens with zero attached hydrogens (tertiary/aromatic N) is 1. The summed E-state index contributed by atoms with van der Waals surface area (Å²) in [5.41, 5.74) is 7.72. The molecule has 0 radical (unpaired) electrons. The molecule has 0 aromatic carbocycles. The number of terminal acetylenes is 1. The Morgan fingerprint density at radius 1 is 1.39 bits per heavy atom. The van der Waals surface area contributed by atoms with Gasteiger partial charge in [0.1, 0.15) is 0 Å². The van der Waals surface area contributed by atoms with Crippen molar-refractivity contribution in [2.45, 2.75) is 33.6 Å². The molecule has 0 fully saturated rings. The second-order valence-corrected chi connectivity index (χ2v) is 3.09. The Bertz CT molecular complexity index is 283. The topological polar surface area (TPSA) is 59.0 Å². The maximum Gasteiger partial charge on any atom is 0.0649 e. The van der Waals surface area contributed by atoms with Crippen molar-refractivity contribution in [3.05, 3.63) is 23.3 Å². The molecule has 0 heterocycles. The molecule has 0 aliphatic heterocycles. The van der Waals surface area contributed by atoms with Crippen molar-refractivity contribution >= 4 is 0 Å². The van der Waals surface area contributed by atoms with E-state index in [2.05, 4.69) is 18.9 Å². The fourth-order valence-electron chi connectivity index (χ4n) is 0.999. The standard InChI is InChI=1S/C11H18N2O.C2H6.C2H2/c1-10(9-13)8-11(4-3-6-12)5-7-14-2;2*1-2/h5,8H,3-4,7,9,13H2,1-2H3;1-2H3;1-2H/b10-8-,11-5-;;. The van der Waals surface area contributed by atoms with Gasteiger partial charge >= 0.3 is 0 Å². The molecule has 0 amide bonds. The maximum atomic E-state index is 8.48. The molecule has 0 aromatic rings. The molecule has 0 saturated carbocycles. The number of nitrogens with two attached hydrogens (primary N) is 1. The molecule has 0 aromatic heterocycles. The molecule has 3 heteroatoms. The highest BCUT2D eigenvalue weighted by molar-refractivity contribution is 5.24. The van der Waals surface area contributed by atoms with Gasteiger partial charge in [0.25, 0.3) is 0 Å². The van der Waals surface area contributed by atoms with Crippen molar-refractivity contribution in [1.29, 1.82) is 5.26 Å². The molecule has 0 spiro atoms. The van der Waals surface area contributed by atoms with Crippen LogP contribution in [0.1, 0.15) is 33.6 Å². The number of ether oxygens (including phenoxy) is 1. The first-order valence-corrected chi connectivity index (χ1v) is 6.00. The molecule has 102 valence electrons. The van der Waals surface area contributed by atoms with Crippen LogP contribution in [0, 0.1) is 24.2 Å². The van der Waals surface area contributed by atoms with E-state index < -0.39 is 0 Å². The van der Waals surface area contributed by atoms with Crippen LogP contribution in [0.3, 0.4) is 0 Å². The van der Waals surface area contributed by atoms with Gasteiger partial charge < -0.3 is 10.5 Å². The first-order valence-electron chi connectivity index (χ1n) is 6.00. The molecule has 0 aliphatic rings. The van der Waals surface area contributed by atoms with Crippen molar-refractivity contribution < 1.29 is 4.74 Å². The zero-order valence-corrected chi connectivity index (χ0v) is 12.1. The van der Waals surface area contributed by atoms with Gasteiger partial charge in [0.2, 0.25) is 0 Å². The number of hydrogen-bond acceptors (Lipinski definition) is 3. The molecule has 0 atom stereocenters. The Hall–Kier alpha value is -1.55. The summed E-state index contributed by atoms with van der Waals surface area (Å²) < 4.78 is 4.95. The van der Waals surface area contributed by atoms with E-state index in [9.17, 15) is 0 Å². The van der Waals surface area contributed by atoms with Crippen LogP contribution < -0.4 is 5.73 Å². The first kappa shape index (κ1) is 21.7. The maximum absolute atomic E-state index is 8.48. The second kappa shape index (κ2) is 20.8. The van der Waals surface area contributed by atoms with Crippen LogP contribution in [0.5, 0.6) is 0 Å². The number of methoxy groups -OCH3 is 1. The first-order chi connectivity index (χ1) is 8.74. The van der Waals surface area contributed by atoms with Crippen LogP contribution in [0.2, 0.25) is 0 Å². The van der Waals surface area contributed by atoms with E-state index in [-0.39, 0.29) is 0 Å². The minimum atomic E-state index is 0.532. The summed E-state index contributed by atoms with van der Waals surface area (Å²) in [5, 5.41) is 8.48. The van der Waals surface area contributed by atoms with Crippen LogP contribution in [0.15, 0.2) is 23.3 Å². The van der Waals surface area contributed by atoms with Crippen LogP contribution in [0.25, 0.3) is 0 Å². The molecule has 3 nitrogen and oxygen atoms in total.